The van der Waals surface area contributed by atoms with E-state index >= 15 is 0 Å². The number of rotatable bonds is 4. The Hall–Kier alpha value is -5.60. The van der Waals surface area contributed by atoms with Crippen LogP contribution < -0.4 is 0 Å². The lowest BCUT2D eigenvalue weighted by Crippen LogP contribution is -2.07. The first-order valence-corrected chi connectivity index (χ1v) is 17.4. The van der Waals surface area contributed by atoms with Gasteiger partial charge in [0.15, 0.2) is 0 Å². The molecule has 0 N–H and O–H groups in total. The van der Waals surface area contributed by atoms with Crippen molar-refractivity contribution in [3.63, 3.8) is 0 Å². The van der Waals surface area contributed by atoms with Crippen LogP contribution in [0.1, 0.15) is 36.9 Å². The first-order chi connectivity index (χ1) is 23.8. The predicted molar refractivity (Wildman–Crippen MR) is 205 cm³/mol. The molecule has 0 bridgehead atoms. The molecule has 0 saturated carbocycles. The molecule has 2 aromatic heterocycles. The van der Waals surface area contributed by atoms with Crippen molar-refractivity contribution >= 4 is 55.3 Å². The third-order valence-electron chi connectivity index (χ3n) is 10.8. The molecule has 0 spiro atoms. The van der Waals surface area contributed by atoms with Crippen molar-refractivity contribution in [2.24, 2.45) is 5.92 Å². The molecule has 0 fully saturated rings. The molecule has 1 unspecified atom stereocenters. The summed E-state index contributed by atoms with van der Waals surface area (Å²) < 4.78 is 5.00. The molecule has 0 amide bonds. The summed E-state index contributed by atoms with van der Waals surface area (Å²) in [5, 5.41) is 6.65. The SMILES string of the molecule is C1=CCCC(C2C=CC(n3c4ccccc4c4c5c6c(n(-c7ccc(-c8ccc9ccccc9c8)cc7)c5ccc43)C=CCC6)=CC2)=C1. The average Bonchev–Trinajstić information content (AvgIpc) is 3.68. The number of nitrogens with zero attached hydrogens (tertiary/aromatic N) is 2. The van der Waals surface area contributed by atoms with Gasteiger partial charge in [-0.3, -0.25) is 0 Å². The highest BCUT2D eigenvalue weighted by atomic mass is 15.0. The van der Waals surface area contributed by atoms with E-state index in [1.165, 1.54) is 83.7 Å². The van der Waals surface area contributed by atoms with E-state index in [4.69, 9.17) is 0 Å². The minimum Gasteiger partial charge on any atom is -0.310 e. The molecule has 7 aromatic rings. The van der Waals surface area contributed by atoms with Gasteiger partial charge in [-0.2, -0.15) is 0 Å². The van der Waals surface area contributed by atoms with Crippen LogP contribution in [0.4, 0.5) is 0 Å². The Balaban J connectivity index is 1.12. The van der Waals surface area contributed by atoms with E-state index < -0.39 is 0 Å². The molecule has 48 heavy (non-hydrogen) atoms. The normalized spacial score (nSPS) is 17.4. The number of hydrogen-bond acceptors (Lipinski definition) is 0. The minimum atomic E-state index is 0.499. The van der Waals surface area contributed by atoms with Crippen molar-refractivity contribution in [3.8, 4) is 16.8 Å². The number of hydrogen-bond donors (Lipinski definition) is 0. The largest absolute Gasteiger partial charge is 0.310 e. The second-order valence-electron chi connectivity index (χ2n) is 13.5. The van der Waals surface area contributed by atoms with Crippen molar-refractivity contribution in [2.75, 3.05) is 0 Å². The third-order valence-corrected chi connectivity index (χ3v) is 10.8. The fourth-order valence-corrected chi connectivity index (χ4v) is 8.49. The van der Waals surface area contributed by atoms with Crippen LogP contribution in [0.15, 0.2) is 151 Å². The zero-order valence-corrected chi connectivity index (χ0v) is 26.9. The molecule has 2 nitrogen and oxygen atoms in total. The van der Waals surface area contributed by atoms with E-state index in [1.807, 2.05) is 0 Å². The number of benzene rings is 5. The topological polar surface area (TPSA) is 9.86 Å². The molecule has 3 aliphatic rings. The molecule has 1 atom stereocenters. The van der Waals surface area contributed by atoms with Gasteiger partial charge < -0.3 is 9.13 Å². The monoisotopic (exact) mass is 616 g/mol. The summed E-state index contributed by atoms with van der Waals surface area (Å²) in [6.45, 7) is 0. The first kappa shape index (κ1) is 27.5. The quantitative estimate of drug-likeness (QED) is 0.186. The Morgan fingerprint density at radius 3 is 2.23 bits per heavy atom. The zero-order chi connectivity index (χ0) is 31.6. The Kier molecular flexibility index (Phi) is 6.30. The van der Waals surface area contributed by atoms with Crippen molar-refractivity contribution in [1.29, 1.82) is 0 Å². The van der Waals surface area contributed by atoms with E-state index in [9.17, 15) is 0 Å². The Morgan fingerprint density at radius 1 is 0.604 bits per heavy atom. The smallest absolute Gasteiger partial charge is 0.0548 e. The van der Waals surface area contributed by atoms with Crippen molar-refractivity contribution < 1.29 is 0 Å². The number of allylic oxidation sites excluding steroid dienone is 9. The van der Waals surface area contributed by atoms with E-state index in [-0.39, 0.29) is 0 Å². The van der Waals surface area contributed by atoms with Crippen LogP contribution in [-0.2, 0) is 6.42 Å². The lowest BCUT2D eigenvalue weighted by atomic mass is 9.87. The van der Waals surface area contributed by atoms with Gasteiger partial charge in [-0.05, 0) is 108 Å². The molecule has 0 aliphatic heterocycles. The van der Waals surface area contributed by atoms with Crippen LogP contribution in [-0.4, -0.2) is 9.13 Å². The molecule has 0 radical (unpaired) electrons. The van der Waals surface area contributed by atoms with E-state index in [2.05, 4.69) is 161 Å². The predicted octanol–water partition coefficient (Wildman–Crippen LogP) is 12.2. The van der Waals surface area contributed by atoms with E-state index in [0.29, 0.717) is 5.92 Å². The molecule has 2 heteroatoms. The van der Waals surface area contributed by atoms with Gasteiger partial charge in [0.1, 0.15) is 0 Å². The zero-order valence-electron chi connectivity index (χ0n) is 26.9. The Labute approximate surface area is 280 Å². The van der Waals surface area contributed by atoms with Crippen LogP contribution in [0.3, 0.4) is 0 Å². The summed E-state index contributed by atoms with van der Waals surface area (Å²) in [6.07, 6.45) is 24.3. The lowest BCUT2D eigenvalue weighted by molar-refractivity contribution is 0.711. The molecular formula is C46H36N2. The fraction of sp³-hybridized carbons (Fsp3) is 0.130. The first-order valence-electron chi connectivity index (χ1n) is 17.4. The van der Waals surface area contributed by atoms with Crippen molar-refractivity contribution in [1.82, 2.24) is 9.13 Å². The highest BCUT2D eigenvalue weighted by molar-refractivity contribution is 6.23. The second kappa shape index (κ2) is 11.0. The fourth-order valence-electron chi connectivity index (χ4n) is 8.49. The van der Waals surface area contributed by atoms with E-state index in [0.717, 1.165) is 25.7 Å². The number of aromatic nitrogens is 2. The van der Waals surface area contributed by atoms with Gasteiger partial charge in [-0.15, -0.1) is 0 Å². The van der Waals surface area contributed by atoms with Gasteiger partial charge >= 0.3 is 0 Å². The summed E-state index contributed by atoms with van der Waals surface area (Å²) in [6, 6.07) is 38.2. The van der Waals surface area contributed by atoms with Gasteiger partial charge in [0.05, 0.1) is 16.6 Å². The maximum absolute atomic E-state index is 2.51. The van der Waals surface area contributed by atoms with Crippen molar-refractivity contribution in [3.05, 3.63) is 162 Å². The molecule has 5 aromatic carbocycles. The van der Waals surface area contributed by atoms with Gasteiger partial charge in [0.25, 0.3) is 0 Å². The number of fused-ring (bicyclic) bond motifs is 8. The van der Waals surface area contributed by atoms with Crippen molar-refractivity contribution in [2.45, 2.75) is 32.1 Å². The van der Waals surface area contributed by atoms with Crippen LogP contribution in [0.2, 0.25) is 0 Å². The molecule has 230 valence electrons. The summed E-state index contributed by atoms with van der Waals surface area (Å²) in [7, 11) is 0. The molecule has 10 rings (SSSR count). The van der Waals surface area contributed by atoms with E-state index in [1.54, 1.807) is 5.57 Å². The standard InChI is InChI=1S/C46H36N2/c1-2-10-31(11-3-1)33-20-24-37(25-21-33)47-41-16-8-6-14-39(41)45-43(47)28-29-44-46(45)40-15-7-9-17-42(40)48(44)38-26-22-34(23-27-38)36-19-18-32-12-4-5-13-35(32)30-36/h1-2,4-6,8-10,12-14,16-20,22-30,33H,3,7,11,15,21H2. The molecular weight excluding hydrogens is 581 g/mol. The van der Waals surface area contributed by atoms with Crippen LogP contribution in [0.5, 0.6) is 0 Å². The van der Waals surface area contributed by atoms with Gasteiger partial charge in [0, 0.05) is 39.2 Å². The van der Waals surface area contributed by atoms with Crippen LogP contribution >= 0.6 is 0 Å². The third kappa shape index (κ3) is 4.26. The highest BCUT2D eigenvalue weighted by Gasteiger charge is 2.25. The summed E-state index contributed by atoms with van der Waals surface area (Å²) >= 11 is 0. The lowest BCUT2D eigenvalue weighted by Gasteiger charge is -2.21. The summed E-state index contributed by atoms with van der Waals surface area (Å²) in [5.74, 6) is 0.499. The summed E-state index contributed by atoms with van der Waals surface area (Å²) in [4.78, 5) is 0. The van der Waals surface area contributed by atoms with Crippen LogP contribution in [0.25, 0.3) is 72.1 Å². The Morgan fingerprint density at radius 2 is 1.40 bits per heavy atom. The summed E-state index contributed by atoms with van der Waals surface area (Å²) in [5.41, 5.74) is 13.2. The number of para-hydroxylation sites is 1. The van der Waals surface area contributed by atoms with Gasteiger partial charge in [-0.1, -0.05) is 109 Å². The van der Waals surface area contributed by atoms with Gasteiger partial charge in [0.2, 0.25) is 0 Å². The Bertz CT molecular complexity index is 2580. The second-order valence-corrected chi connectivity index (χ2v) is 13.5. The highest BCUT2D eigenvalue weighted by Crippen LogP contribution is 2.44. The maximum Gasteiger partial charge on any atom is 0.0548 e. The van der Waals surface area contributed by atoms with Crippen LogP contribution in [0, 0.1) is 5.92 Å². The molecule has 3 aliphatic carbocycles. The molecule has 0 saturated heterocycles. The molecule has 2 heterocycles. The maximum atomic E-state index is 2.51. The number of aryl methyl sites for hydroxylation is 1. The minimum absolute atomic E-state index is 0.499. The average molecular weight is 617 g/mol. The van der Waals surface area contributed by atoms with Gasteiger partial charge in [-0.25, -0.2) is 0 Å².